The van der Waals surface area contributed by atoms with Crippen molar-refractivity contribution in [2.45, 2.75) is 0 Å². The molecule has 0 radical (unpaired) electrons. The molecule has 0 saturated carbocycles. The Morgan fingerprint density at radius 2 is 1.92 bits per heavy atom. The molecule has 2 aromatic carbocycles. The molecule has 0 aliphatic heterocycles. The second-order valence-corrected chi connectivity index (χ2v) is 6.00. The highest BCUT2D eigenvalue weighted by Crippen LogP contribution is 2.32. The van der Waals surface area contributed by atoms with Gasteiger partial charge in [0.05, 0.1) is 16.7 Å². The van der Waals surface area contributed by atoms with Crippen LogP contribution in [0.15, 0.2) is 55.0 Å². The molecule has 0 saturated heterocycles. The summed E-state index contributed by atoms with van der Waals surface area (Å²) in [6, 6.07) is 10.1. The van der Waals surface area contributed by atoms with Crippen molar-refractivity contribution in [3.8, 4) is 22.6 Å². The number of nitrogens with one attached hydrogen (secondary N) is 1. The molecule has 5 nitrogen and oxygen atoms in total. The van der Waals surface area contributed by atoms with E-state index >= 15 is 0 Å². The van der Waals surface area contributed by atoms with Crippen molar-refractivity contribution in [2.75, 3.05) is 12.4 Å². The lowest BCUT2D eigenvalue weighted by Crippen LogP contribution is -2.00. The van der Waals surface area contributed by atoms with Gasteiger partial charge in [-0.15, -0.1) is 0 Å². The van der Waals surface area contributed by atoms with Gasteiger partial charge in [-0.25, -0.2) is 19.3 Å². The third kappa shape index (κ3) is 2.95. The number of aromatic nitrogens is 4. The normalized spacial score (nSPS) is 10.9. The SMILES string of the molecule is CNc1nc(-c2cnccn2)nc2cc(-c3ccc(F)cc3Cl)ccc12. The van der Waals surface area contributed by atoms with E-state index < -0.39 is 0 Å². The number of hydrogen-bond donors (Lipinski definition) is 1. The van der Waals surface area contributed by atoms with Crippen molar-refractivity contribution in [2.24, 2.45) is 0 Å². The number of anilines is 1. The van der Waals surface area contributed by atoms with Crippen LogP contribution in [0.4, 0.5) is 10.2 Å². The second-order valence-electron chi connectivity index (χ2n) is 5.59. The number of fused-ring (bicyclic) bond motifs is 1. The van der Waals surface area contributed by atoms with E-state index in [1.807, 2.05) is 18.2 Å². The lowest BCUT2D eigenvalue weighted by atomic mass is 10.0. The van der Waals surface area contributed by atoms with Gasteiger partial charge in [0.25, 0.3) is 0 Å². The first kappa shape index (κ1) is 16.4. The molecule has 4 rings (SSSR count). The molecular formula is C19H13ClFN5. The van der Waals surface area contributed by atoms with Gasteiger partial charge in [-0.1, -0.05) is 17.7 Å². The zero-order valence-corrected chi connectivity index (χ0v) is 14.5. The van der Waals surface area contributed by atoms with Crippen LogP contribution < -0.4 is 5.32 Å². The molecule has 0 aliphatic carbocycles. The van der Waals surface area contributed by atoms with Gasteiger partial charge in [0, 0.05) is 30.4 Å². The molecule has 0 fully saturated rings. The number of nitrogens with zero attached hydrogens (tertiary/aromatic N) is 4. The Kier molecular flexibility index (Phi) is 4.18. The fourth-order valence-corrected chi connectivity index (χ4v) is 3.02. The molecule has 4 aromatic rings. The highest BCUT2D eigenvalue weighted by molar-refractivity contribution is 6.33. The van der Waals surface area contributed by atoms with E-state index in [1.165, 1.54) is 12.1 Å². The fraction of sp³-hybridized carbons (Fsp3) is 0.0526. The Morgan fingerprint density at radius 3 is 2.65 bits per heavy atom. The van der Waals surface area contributed by atoms with Crippen LogP contribution in [0.1, 0.15) is 0 Å². The smallest absolute Gasteiger partial charge is 0.182 e. The Bertz CT molecular complexity index is 1100. The third-order valence-electron chi connectivity index (χ3n) is 3.97. The van der Waals surface area contributed by atoms with Crippen LogP contribution >= 0.6 is 11.6 Å². The maximum absolute atomic E-state index is 13.3. The van der Waals surface area contributed by atoms with Crippen molar-refractivity contribution in [1.29, 1.82) is 0 Å². The van der Waals surface area contributed by atoms with Crippen LogP contribution in [0.5, 0.6) is 0 Å². The van der Waals surface area contributed by atoms with E-state index in [2.05, 4.69) is 25.3 Å². The number of benzene rings is 2. The topological polar surface area (TPSA) is 63.6 Å². The van der Waals surface area contributed by atoms with E-state index in [-0.39, 0.29) is 5.82 Å². The molecule has 0 aliphatic rings. The van der Waals surface area contributed by atoms with Crippen LogP contribution in [0.25, 0.3) is 33.5 Å². The summed E-state index contributed by atoms with van der Waals surface area (Å²) < 4.78 is 13.3. The fourth-order valence-electron chi connectivity index (χ4n) is 2.74. The average molecular weight is 366 g/mol. The number of halogens is 2. The van der Waals surface area contributed by atoms with Crippen molar-refractivity contribution in [3.05, 3.63) is 65.8 Å². The van der Waals surface area contributed by atoms with Gasteiger partial charge in [0.15, 0.2) is 5.82 Å². The molecule has 0 atom stereocenters. The Labute approximate surface area is 153 Å². The molecule has 0 spiro atoms. The van der Waals surface area contributed by atoms with Gasteiger partial charge in [-0.3, -0.25) is 4.98 Å². The summed E-state index contributed by atoms with van der Waals surface area (Å²) in [6.07, 6.45) is 4.80. The average Bonchev–Trinajstić information content (AvgIpc) is 2.67. The van der Waals surface area contributed by atoms with E-state index in [9.17, 15) is 4.39 Å². The standard InChI is InChI=1S/C19H13ClFN5/c1-22-18-14-4-2-11(13-5-3-12(21)9-15(13)20)8-16(14)25-19(26-18)17-10-23-6-7-24-17/h2-10H,1H3,(H,22,25,26). The second kappa shape index (κ2) is 6.65. The molecule has 1 N–H and O–H groups in total. The van der Waals surface area contributed by atoms with E-state index in [0.29, 0.717) is 22.4 Å². The van der Waals surface area contributed by atoms with E-state index in [1.54, 1.807) is 31.7 Å². The van der Waals surface area contributed by atoms with E-state index in [0.717, 1.165) is 22.0 Å². The lowest BCUT2D eigenvalue weighted by molar-refractivity contribution is 0.628. The van der Waals surface area contributed by atoms with Gasteiger partial charge in [-0.2, -0.15) is 0 Å². The number of hydrogen-bond acceptors (Lipinski definition) is 5. The summed E-state index contributed by atoms with van der Waals surface area (Å²) in [6.45, 7) is 0. The third-order valence-corrected chi connectivity index (χ3v) is 4.28. The predicted molar refractivity (Wildman–Crippen MR) is 101 cm³/mol. The zero-order valence-electron chi connectivity index (χ0n) is 13.7. The Balaban J connectivity index is 1.91. The molecule has 0 bridgehead atoms. The van der Waals surface area contributed by atoms with E-state index in [4.69, 9.17) is 11.6 Å². The highest BCUT2D eigenvalue weighted by Gasteiger charge is 2.12. The molecular weight excluding hydrogens is 353 g/mol. The van der Waals surface area contributed by atoms with Crippen LogP contribution in [-0.4, -0.2) is 27.0 Å². The number of rotatable bonds is 3. The van der Waals surface area contributed by atoms with Gasteiger partial charge in [0.1, 0.15) is 17.3 Å². The van der Waals surface area contributed by atoms with Crippen molar-refractivity contribution >= 4 is 28.3 Å². The summed E-state index contributed by atoms with van der Waals surface area (Å²) >= 11 is 6.20. The van der Waals surface area contributed by atoms with Gasteiger partial charge >= 0.3 is 0 Å². The van der Waals surface area contributed by atoms with Gasteiger partial charge < -0.3 is 5.32 Å². The van der Waals surface area contributed by atoms with Gasteiger partial charge in [-0.05, 0) is 35.9 Å². The quantitative estimate of drug-likeness (QED) is 0.575. The molecule has 0 amide bonds. The molecule has 128 valence electrons. The Hall–Kier alpha value is -3.12. The minimum Gasteiger partial charge on any atom is -0.373 e. The highest BCUT2D eigenvalue weighted by atomic mass is 35.5. The molecule has 2 aromatic heterocycles. The maximum Gasteiger partial charge on any atom is 0.182 e. The van der Waals surface area contributed by atoms with Crippen LogP contribution in [0.2, 0.25) is 5.02 Å². The van der Waals surface area contributed by atoms with Crippen molar-refractivity contribution in [1.82, 2.24) is 19.9 Å². The maximum atomic E-state index is 13.3. The van der Waals surface area contributed by atoms with Crippen molar-refractivity contribution < 1.29 is 4.39 Å². The molecule has 7 heteroatoms. The summed E-state index contributed by atoms with van der Waals surface area (Å²) in [7, 11) is 1.80. The lowest BCUT2D eigenvalue weighted by Gasteiger charge is -2.10. The van der Waals surface area contributed by atoms with Crippen LogP contribution in [0.3, 0.4) is 0 Å². The predicted octanol–water partition coefficient (Wildman–Crippen LogP) is 4.59. The zero-order chi connectivity index (χ0) is 18.1. The monoisotopic (exact) mass is 365 g/mol. The first-order valence-electron chi connectivity index (χ1n) is 7.87. The first-order chi connectivity index (χ1) is 12.7. The minimum atomic E-state index is -0.371. The Morgan fingerprint density at radius 1 is 1.04 bits per heavy atom. The van der Waals surface area contributed by atoms with Gasteiger partial charge in [0.2, 0.25) is 0 Å². The summed E-state index contributed by atoms with van der Waals surface area (Å²) in [5, 5.41) is 4.29. The minimum absolute atomic E-state index is 0.349. The first-order valence-corrected chi connectivity index (χ1v) is 8.25. The molecule has 2 heterocycles. The van der Waals surface area contributed by atoms with Crippen LogP contribution in [-0.2, 0) is 0 Å². The molecule has 0 unspecified atom stereocenters. The molecule has 26 heavy (non-hydrogen) atoms. The summed E-state index contributed by atoms with van der Waals surface area (Å²) in [4.78, 5) is 17.5. The largest absolute Gasteiger partial charge is 0.373 e. The summed E-state index contributed by atoms with van der Waals surface area (Å²) in [5.41, 5.74) is 2.88. The summed E-state index contributed by atoms with van der Waals surface area (Å²) in [5.74, 6) is 0.786. The van der Waals surface area contributed by atoms with Crippen molar-refractivity contribution in [3.63, 3.8) is 0 Å². The van der Waals surface area contributed by atoms with Crippen LogP contribution in [0, 0.1) is 5.82 Å².